The highest BCUT2D eigenvalue weighted by Gasteiger charge is 2.31. The van der Waals surface area contributed by atoms with Gasteiger partial charge in [-0.05, 0) is 38.5 Å². The third-order valence-corrected chi connectivity index (χ3v) is 2.44. The van der Waals surface area contributed by atoms with E-state index in [0.29, 0.717) is 5.56 Å². The molecule has 17 heavy (non-hydrogen) atoms. The van der Waals surface area contributed by atoms with Crippen molar-refractivity contribution in [2.24, 2.45) is 5.73 Å². The third-order valence-electron chi connectivity index (χ3n) is 2.44. The number of hydrogen-bond donors (Lipinski definition) is 1. The number of carbonyl (C=O) groups excluding carboxylic acids is 1. The molecule has 0 aliphatic carbocycles. The molecule has 1 rings (SSSR count). The van der Waals surface area contributed by atoms with E-state index in [0.717, 1.165) is 5.75 Å². The van der Waals surface area contributed by atoms with Crippen LogP contribution in [0.25, 0.3) is 0 Å². The summed E-state index contributed by atoms with van der Waals surface area (Å²) in [5.41, 5.74) is 5.49. The van der Waals surface area contributed by atoms with Gasteiger partial charge in [-0.2, -0.15) is 0 Å². The maximum Gasteiger partial charge on any atom is 0.330 e. The van der Waals surface area contributed by atoms with E-state index in [4.69, 9.17) is 10.5 Å². The first-order valence-electron chi connectivity index (χ1n) is 5.52. The van der Waals surface area contributed by atoms with Crippen LogP contribution in [0.4, 0.5) is 0 Å². The van der Waals surface area contributed by atoms with Crippen LogP contribution in [-0.2, 0) is 15.1 Å². The lowest BCUT2D eigenvalue weighted by atomic mass is 9.93. The largest absolute Gasteiger partial charge is 0.491 e. The van der Waals surface area contributed by atoms with Gasteiger partial charge in [-0.25, -0.2) is 4.79 Å². The number of methoxy groups -OCH3 is 1. The van der Waals surface area contributed by atoms with Crippen LogP contribution in [0.5, 0.6) is 5.75 Å². The van der Waals surface area contributed by atoms with Crippen molar-refractivity contribution in [3.8, 4) is 5.75 Å². The zero-order valence-electron chi connectivity index (χ0n) is 10.7. The summed E-state index contributed by atoms with van der Waals surface area (Å²) in [6.45, 7) is 5.53. The van der Waals surface area contributed by atoms with E-state index < -0.39 is 11.5 Å². The summed E-state index contributed by atoms with van der Waals surface area (Å²) >= 11 is 0. The maximum absolute atomic E-state index is 11.5. The van der Waals surface area contributed by atoms with Gasteiger partial charge in [0.25, 0.3) is 0 Å². The van der Waals surface area contributed by atoms with Crippen LogP contribution in [-0.4, -0.2) is 19.2 Å². The van der Waals surface area contributed by atoms with Crippen LogP contribution in [0.1, 0.15) is 26.3 Å². The summed E-state index contributed by atoms with van der Waals surface area (Å²) in [5, 5.41) is 0. The molecule has 4 heteroatoms. The average molecular weight is 237 g/mol. The fourth-order valence-electron chi connectivity index (χ4n) is 1.48. The molecule has 0 radical (unpaired) electrons. The van der Waals surface area contributed by atoms with Crippen molar-refractivity contribution in [3.63, 3.8) is 0 Å². The van der Waals surface area contributed by atoms with E-state index in [2.05, 4.69) is 4.74 Å². The van der Waals surface area contributed by atoms with Crippen LogP contribution >= 0.6 is 0 Å². The molecule has 0 heterocycles. The van der Waals surface area contributed by atoms with Crippen molar-refractivity contribution in [2.45, 2.75) is 32.4 Å². The summed E-state index contributed by atoms with van der Waals surface area (Å²) in [4.78, 5) is 11.5. The topological polar surface area (TPSA) is 61.5 Å². The van der Waals surface area contributed by atoms with Gasteiger partial charge in [-0.1, -0.05) is 12.1 Å². The van der Waals surface area contributed by atoms with Crippen LogP contribution in [0.15, 0.2) is 24.3 Å². The van der Waals surface area contributed by atoms with Crippen molar-refractivity contribution in [1.29, 1.82) is 0 Å². The molecule has 0 aliphatic heterocycles. The Labute approximate surface area is 102 Å². The molecule has 0 aliphatic rings. The second kappa shape index (κ2) is 5.19. The van der Waals surface area contributed by atoms with Crippen molar-refractivity contribution in [3.05, 3.63) is 29.8 Å². The SMILES string of the molecule is COC(=O)C(C)(N)c1ccc(OC(C)C)cc1. The monoisotopic (exact) mass is 237 g/mol. The quantitative estimate of drug-likeness (QED) is 0.811. The molecule has 0 spiro atoms. The Morgan fingerprint density at radius 1 is 1.29 bits per heavy atom. The Balaban J connectivity index is 2.90. The third kappa shape index (κ3) is 3.20. The first-order valence-corrected chi connectivity index (χ1v) is 5.52. The molecule has 0 fully saturated rings. The molecular weight excluding hydrogens is 218 g/mol. The number of nitrogens with two attached hydrogens (primary N) is 1. The van der Waals surface area contributed by atoms with Gasteiger partial charge in [0.1, 0.15) is 11.3 Å². The maximum atomic E-state index is 11.5. The van der Waals surface area contributed by atoms with Crippen LogP contribution < -0.4 is 10.5 Å². The van der Waals surface area contributed by atoms with E-state index in [1.165, 1.54) is 7.11 Å². The highest BCUT2D eigenvalue weighted by Crippen LogP contribution is 2.22. The molecular formula is C13H19NO3. The van der Waals surface area contributed by atoms with Gasteiger partial charge in [-0.3, -0.25) is 0 Å². The highest BCUT2D eigenvalue weighted by atomic mass is 16.5. The van der Waals surface area contributed by atoms with Crippen LogP contribution in [0.2, 0.25) is 0 Å². The van der Waals surface area contributed by atoms with E-state index in [1.54, 1.807) is 31.2 Å². The fourth-order valence-corrected chi connectivity index (χ4v) is 1.48. The van der Waals surface area contributed by atoms with Crippen molar-refractivity contribution in [2.75, 3.05) is 7.11 Å². The molecule has 1 aromatic carbocycles. The number of ether oxygens (including phenoxy) is 2. The van der Waals surface area contributed by atoms with Gasteiger partial charge in [0.15, 0.2) is 0 Å². The van der Waals surface area contributed by atoms with Gasteiger partial charge >= 0.3 is 5.97 Å². The average Bonchev–Trinajstić information content (AvgIpc) is 2.27. The van der Waals surface area contributed by atoms with Crippen LogP contribution in [0, 0.1) is 0 Å². The molecule has 0 saturated carbocycles. The predicted octanol–water partition coefficient (Wildman–Crippen LogP) is 1.82. The standard InChI is InChI=1S/C13H19NO3/c1-9(2)17-11-7-5-10(6-8-11)13(3,14)12(15)16-4/h5-9H,14H2,1-4H3. The molecule has 1 aromatic rings. The Morgan fingerprint density at radius 3 is 2.24 bits per heavy atom. The Morgan fingerprint density at radius 2 is 1.82 bits per heavy atom. The summed E-state index contributed by atoms with van der Waals surface area (Å²) < 4.78 is 10.2. The van der Waals surface area contributed by atoms with Gasteiger partial charge < -0.3 is 15.2 Å². The summed E-state index contributed by atoms with van der Waals surface area (Å²) in [6, 6.07) is 7.13. The fraction of sp³-hybridized carbons (Fsp3) is 0.462. The Bertz CT molecular complexity index is 382. The summed E-state index contributed by atoms with van der Waals surface area (Å²) in [6.07, 6.45) is 0.116. The normalized spacial score (nSPS) is 14.2. The Kier molecular flexibility index (Phi) is 4.12. The number of carbonyl (C=O) groups is 1. The lowest BCUT2D eigenvalue weighted by Gasteiger charge is -2.22. The molecule has 0 amide bonds. The van der Waals surface area contributed by atoms with Crippen molar-refractivity contribution < 1.29 is 14.3 Å². The first-order chi connectivity index (χ1) is 7.87. The second-order valence-corrected chi connectivity index (χ2v) is 4.38. The molecule has 4 nitrogen and oxygen atoms in total. The lowest BCUT2D eigenvalue weighted by Crippen LogP contribution is -2.42. The molecule has 0 saturated heterocycles. The second-order valence-electron chi connectivity index (χ2n) is 4.38. The zero-order chi connectivity index (χ0) is 13.1. The molecule has 1 atom stereocenters. The van der Waals surface area contributed by atoms with Gasteiger partial charge in [0.05, 0.1) is 13.2 Å². The Hall–Kier alpha value is -1.55. The van der Waals surface area contributed by atoms with E-state index in [1.807, 2.05) is 13.8 Å². The molecule has 0 bridgehead atoms. The number of rotatable bonds is 4. The minimum atomic E-state index is -1.13. The lowest BCUT2D eigenvalue weighted by molar-refractivity contribution is -0.146. The van der Waals surface area contributed by atoms with E-state index >= 15 is 0 Å². The first kappa shape index (κ1) is 13.5. The minimum absolute atomic E-state index is 0.116. The molecule has 0 aromatic heterocycles. The van der Waals surface area contributed by atoms with Crippen molar-refractivity contribution >= 4 is 5.97 Å². The van der Waals surface area contributed by atoms with Gasteiger partial charge in [0.2, 0.25) is 0 Å². The molecule has 94 valence electrons. The summed E-state index contributed by atoms with van der Waals surface area (Å²) in [7, 11) is 1.32. The predicted molar refractivity (Wildman–Crippen MR) is 65.8 cm³/mol. The highest BCUT2D eigenvalue weighted by molar-refractivity contribution is 5.81. The number of benzene rings is 1. The van der Waals surface area contributed by atoms with Crippen molar-refractivity contribution in [1.82, 2.24) is 0 Å². The summed E-state index contributed by atoms with van der Waals surface area (Å²) in [5.74, 6) is 0.291. The van der Waals surface area contributed by atoms with E-state index in [-0.39, 0.29) is 6.10 Å². The molecule has 1 unspecified atom stereocenters. The molecule has 2 N–H and O–H groups in total. The van der Waals surface area contributed by atoms with E-state index in [9.17, 15) is 4.79 Å². The smallest absolute Gasteiger partial charge is 0.330 e. The van der Waals surface area contributed by atoms with Crippen LogP contribution in [0.3, 0.4) is 0 Å². The number of hydrogen-bond acceptors (Lipinski definition) is 4. The van der Waals surface area contributed by atoms with Gasteiger partial charge in [-0.15, -0.1) is 0 Å². The zero-order valence-corrected chi connectivity index (χ0v) is 10.7. The van der Waals surface area contributed by atoms with Gasteiger partial charge in [0, 0.05) is 0 Å². The number of esters is 1. The minimum Gasteiger partial charge on any atom is -0.491 e.